The third-order valence-corrected chi connectivity index (χ3v) is 4.18. The second kappa shape index (κ2) is 4.94. The fourth-order valence-electron chi connectivity index (χ4n) is 2.11. The van der Waals surface area contributed by atoms with Gasteiger partial charge in [-0.3, -0.25) is 0 Å². The van der Waals surface area contributed by atoms with Crippen molar-refractivity contribution in [1.82, 2.24) is 5.32 Å². The first-order valence-electron chi connectivity index (χ1n) is 5.58. The summed E-state index contributed by atoms with van der Waals surface area (Å²) in [4.78, 5) is 1.52. The van der Waals surface area contributed by atoms with Crippen LogP contribution in [-0.2, 0) is 6.42 Å². The first-order chi connectivity index (χ1) is 6.88. The van der Waals surface area contributed by atoms with Gasteiger partial charge in [-0.1, -0.05) is 25.3 Å². The number of thiophene rings is 1. The molecule has 0 spiro atoms. The maximum Gasteiger partial charge on any atom is 0.0115 e. The molecule has 1 atom stereocenters. The van der Waals surface area contributed by atoms with Crippen LogP contribution in [-0.4, -0.2) is 13.1 Å². The molecule has 1 aromatic heterocycles. The van der Waals surface area contributed by atoms with Gasteiger partial charge in [0, 0.05) is 10.9 Å². The van der Waals surface area contributed by atoms with Gasteiger partial charge in [-0.2, -0.15) is 0 Å². The Kier molecular flexibility index (Phi) is 3.60. The molecule has 1 aromatic rings. The monoisotopic (exact) mass is 209 g/mol. The molecule has 78 valence electrons. The van der Waals surface area contributed by atoms with Crippen molar-refractivity contribution in [2.75, 3.05) is 7.05 Å². The lowest BCUT2D eigenvalue weighted by atomic mass is 9.80. The van der Waals surface area contributed by atoms with Crippen LogP contribution in [0, 0.1) is 5.92 Å². The highest BCUT2D eigenvalue weighted by Crippen LogP contribution is 2.31. The molecule has 1 aliphatic rings. The zero-order valence-corrected chi connectivity index (χ0v) is 9.65. The molecule has 1 fully saturated rings. The summed E-state index contributed by atoms with van der Waals surface area (Å²) in [6.45, 7) is 0. The molecule has 1 saturated carbocycles. The van der Waals surface area contributed by atoms with Gasteiger partial charge < -0.3 is 5.32 Å². The van der Waals surface area contributed by atoms with Gasteiger partial charge >= 0.3 is 0 Å². The summed E-state index contributed by atoms with van der Waals surface area (Å²) in [7, 11) is 2.09. The number of rotatable bonds is 5. The van der Waals surface area contributed by atoms with E-state index in [-0.39, 0.29) is 0 Å². The van der Waals surface area contributed by atoms with Crippen LogP contribution in [0.25, 0.3) is 0 Å². The van der Waals surface area contributed by atoms with Crippen LogP contribution in [0.15, 0.2) is 17.5 Å². The first-order valence-corrected chi connectivity index (χ1v) is 6.46. The molecule has 1 unspecified atom stereocenters. The summed E-state index contributed by atoms with van der Waals surface area (Å²) < 4.78 is 0. The molecule has 1 aliphatic carbocycles. The van der Waals surface area contributed by atoms with E-state index in [9.17, 15) is 0 Å². The highest BCUT2D eigenvalue weighted by Gasteiger charge is 2.21. The summed E-state index contributed by atoms with van der Waals surface area (Å²) >= 11 is 1.88. The van der Waals surface area contributed by atoms with Crippen molar-refractivity contribution >= 4 is 11.3 Å². The van der Waals surface area contributed by atoms with E-state index >= 15 is 0 Å². The van der Waals surface area contributed by atoms with Crippen LogP contribution in [0.4, 0.5) is 0 Å². The summed E-state index contributed by atoms with van der Waals surface area (Å²) in [5.41, 5.74) is 0. The molecule has 0 aliphatic heterocycles. The van der Waals surface area contributed by atoms with Gasteiger partial charge in [-0.05, 0) is 37.3 Å². The molecule has 1 nitrogen and oxygen atoms in total. The third kappa shape index (κ3) is 2.58. The van der Waals surface area contributed by atoms with Crippen molar-refractivity contribution in [3.63, 3.8) is 0 Å². The van der Waals surface area contributed by atoms with E-state index < -0.39 is 0 Å². The van der Waals surface area contributed by atoms with Gasteiger partial charge in [-0.15, -0.1) is 11.3 Å². The van der Waals surface area contributed by atoms with E-state index in [0.717, 1.165) is 5.92 Å². The molecule has 14 heavy (non-hydrogen) atoms. The predicted molar refractivity (Wildman–Crippen MR) is 62.8 cm³/mol. The molecule has 0 radical (unpaired) electrons. The van der Waals surface area contributed by atoms with E-state index in [1.54, 1.807) is 0 Å². The Morgan fingerprint density at radius 1 is 1.57 bits per heavy atom. The Bertz CT molecular complexity index is 251. The quantitative estimate of drug-likeness (QED) is 0.786. The van der Waals surface area contributed by atoms with Gasteiger partial charge in [0.1, 0.15) is 0 Å². The van der Waals surface area contributed by atoms with Crippen LogP contribution in [0.5, 0.6) is 0 Å². The first kappa shape index (κ1) is 10.2. The zero-order valence-electron chi connectivity index (χ0n) is 8.83. The number of likely N-dealkylation sites (N-methyl/N-ethyl adjacent to an activating group) is 1. The Hall–Kier alpha value is -0.340. The van der Waals surface area contributed by atoms with Crippen LogP contribution in [0.3, 0.4) is 0 Å². The van der Waals surface area contributed by atoms with Crippen LogP contribution < -0.4 is 5.32 Å². The largest absolute Gasteiger partial charge is 0.317 e. The molecule has 1 heterocycles. The van der Waals surface area contributed by atoms with Gasteiger partial charge in [0.05, 0.1) is 0 Å². The van der Waals surface area contributed by atoms with Gasteiger partial charge in [0.25, 0.3) is 0 Å². The zero-order chi connectivity index (χ0) is 9.80. The SMILES string of the molecule is CNC(Cc1cccs1)CC1CCC1. The average Bonchev–Trinajstić information content (AvgIpc) is 2.61. The minimum absolute atomic E-state index is 0.693. The van der Waals surface area contributed by atoms with E-state index in [1.165, 1.54) is 37.0 Å². The molecule has 2 rings (SSSR count). The highest BCUT2D eigenvalue weighted by molar-refractivity contribution is 7.09. The standard InChI is InChI=1S/C12H19NS/c1-13-11(8-10-4-2-5-10)9-12-6-3-7-14-12/h3,6-7,10-11,13H,2,4-5,8-9H2,1H3. The molecular weight excluding hydrogens is 190 g/mol. The lowest BCUT2D eigenvalue weighted by Gasteiger charge is -2.29. The minimum atomic E-state index is 0.693. The second-order valence-electron chi connectivity index (χ2n) is 4.30. The molecule has 1 N–H and O–H groups in total. The summed E-state index contributed by atoms with van der Waals surface area (Å²) in [6.07, 6.45) is 6.96. The maximum atomic E-state index is 3.45. The topological polar surface area (TPSA) is 12.0 Å². The maximum absolute atomic E-state index is 3.45. The molecule has 0 saturated heterocycles. The van der Waals surface area contributed by atoms with Gasteiger partial charge in [-0.25, -0.2) is 0 Å². The van der Waals surface area contributed by atoms with Crippen molar-refractivity contribution in [2.24, 2.45) is 5.92 Å². The lowest BCUT2D eigenvalue weighted by Crippen LogP contribution is -2.31. The predicted octanol–water partition coefficient (Wildman–Crippen LogP) is 3.07. The van der Waals surface area contributed by atoms with Crippen LogP contribution in [0.1, 0.15) is 30.6 Å². The Balaban J connectivity index is 1.80. The molecule has 0 amide bonds. The van der Waals surface area contributed by atoms with Gasteiger partial charge in [0.15, 0.2) is 0 Å². The molecule has 0 bridgehead atoms. The number of hydrogen-bond acceptors (Lipinski definition) is 2. The third-order valence-electron chi connectivity index (χ3n) is 3.28. The Morgan fingerprint density at radius 3 is 2.93 bits per heavy atom. The fourth-order valence-corrected chi connectivity index (χ4v) is 2.89. The van der Waals surface area contributed by atoms with Crippen molar-refractivity contribution in [2.45, 2.75) is 38.1 Å². The number of nitrogens with one attached hydrogen (secondary N) is 1. The van der Waals surface area contributed by atoms with Crippen molar-refractivity contribution < 1.29 is 0 Å². The second-order valence-corrected chi connectivity index (χ2v) is 5.33. The van der Waals surface area contributed by atoms with Crippen molar-refractivity contribution in [3.8, 4) is 0 Å². The minimum Gasteiger partial charge on any atom is -0.317 e. The van der Waals surface area contributed by atoms with Crippen LogP contribution >= 0.6 is 11.3 Å². The highest BCUT2D eigenvalue weighted by atomic mass is 32.1. The Labute approximate surface area is 90.5 Å². The van der Waals surface area contributed by atoms with E-state index in [4.69, 9.17) is 0 Å². The number of hydrogen-bond donors (Lipinski definition) is 1. The Morgan fingerprint density at radius 2 is 2.43 bits per heavy atom. The normalized spacial score (nSPS) is 19.2. The molecule has 0 aromatic carbocycles. The summed E-state index contributed by atoms with van der Waals surface area (Å²) in [5, 5.41) is 5.62. The summed E-state index contributed by atoms with van der Waals surface area (Å²) in [5.74, 6) is 1.01. The summed E-state index contributed by atoms with van der Waals surface area (Å²) in [6, 6.07) is 5.09. The fraction of sp³-hybridized carbons (Fsp3) is 0.667. The molecule has 2 heteroatoms. The molecular formula is C12H19NS. The van der Waals surface area contributed by atoms with Gasteiger partial charge in [0.2, 0.25) is 0 Å². The van der Waals surface area contributed by atoms with Crippen molar-refractivity contribution in [3.05, 3.63) is 22.4 Å². The van der Waals surface area contributed by atoms with Crippen molar-refractivity contribution in [1.29, 1.82) is 0 Å². The smallest absolute Gasteiger partial charge is 0.0115 e. The van der Waals surface area contributed by atoms with E-state index in [1.807, 2.05) is 11.3 Å². The van der Waals surface area contributed by atoms with Crippen LogP contribution in [0.2, 0.25) is 0 Å². The van der Waals surface area contributed by atoms with E-state index in [2.05, 4.69) is 29.9 Å². The average molecular weight is 209 g/mol. The van der Waals surface area contributed by atoms with E-state index in [0.29, 0.717) is 6.04 Å². The lowest BCUT2D eigenvalue weighted by molar-refractivity contribution is 0.264.